The van der Waals surface area contributed by atoms with Gasteiger partial charge in [0.05, 0.1) is 11.3 Å². The fourth-order valence-corrected chi connectivity index (χ4v) is 2.68. The maximum Gasteiger partial charge on any atom is 0.275 e. The molecule has 3 rings (SSSR count). The van der Waals surface area contributed by atoms with Crippen molar-refractivity contribution in [1.29, 1.82) is 0 Å². The Kier molecular flexibility index (Phi) is 6.26. The molecule has 3 N–H and O–H groups in total. The van der Waals surface area contributed by atoms with E-state index in [0.29, 0.717) is 22.0 Å². The minimum absolute atomic E-state index is 0.121. The molecule has 3 aromatic carbocycles. The van der Waals surface area contributed by atoms with Gasteiger partial charge in [0, 0.05) is 16.3 Å². The summed E-state index contributed by atoms with van der Waals surface area (Å²) in [5.41, 5.74) is 4.88. The summed E-state index contributed by atoms with van der Waals surface area (Å²) in [5.74, 6) is -0.902. The first-order chi connectivity index (χ1) is 13.9. The Labute approximate surface area is 172 Å². The Balaban J connectivity index is 1.70. The first-order valence-corrected chi connectivity index (χ1v) is 9.12. The Bertz CT molecular complexity index is 1080. The fourth-order valence-electron chi connectivity index (χ4n) is 2.55. The van der Waals surface area contributed by atoms with Gasteiger partial charge in [0.1, 0.15) is 5.75 Å². The highest BCUT2D eigenvalue weighted by molar-refractivity contribution is 6.30. The Morgan fingerprint density at radius 2 is 1.62 bits per heavy atom. The Morgan fingerprint density at radius 1 is 0.897 bits per heavy atom. The van der Waals surface area contributed by atoms with Gasteiger partial charge in [0.25, 0.3) is 11.8 Å². The number of hydrazone groups is 1. The van der Waals surface area contributed by atoms with Crippen molar-refractivity contribution in [2.24, 2.45) is 5.10 Å². The van der Waals surface area contributed by atoms with Gasteiger partial charge in [0.15, 0.2) is 0 Å². The number of anilines is 1. The zero-order valence-corrected chi connectivity index (χ0v) is 16.3. The van der Waals surface area contributed by atoms with E-state index in [1.54, 1.807) is 61.5 Å². The largest absolute Gasteiger partial charge is 0.507 e. The van der Waals surface area contributed by atoms with Crippen LogP contribution in [0.15, 0.2) is 77.9 Å². The fraction of sp³-hybridized carbons (Fsp3) is 0.0455. The van der Waals surface area contributed by atoms with E-state index in [2.05, 4.69) is 15.8 Å². The van der Waals surface area contributed by atoms with E-state index in [1.165, 1.54) is 12.1 Å². The first-order valence-electron chi connectivity index (χ1n) is 8.74. The normalized spacial score (nSPS) is 11.0. The molecule has 0 saturated heterocycles. The first kappa shape index (κ1) is 20.1. The predicted octanol–water partition coefficient (Wildman–Crippen LogP) is 4.45. The molecule has 0 atom stereocenters. The molecular formula is C22H18ClN3O3. The summed E-state index contributed by atoms with van der Waals surface area (Å²) >= 11 is 5.84. The van der Waals surface area contributed by atoms with E-state index >= 15 is 0 Å². The second-order valence-electron chi connectivity index (χ2n) is 6.20. The molecule has 146 valence electrons. The van der Waals surface area contributed by atoms with Gasteiger partial charge in [-0.2, -0.15) is 5.10 Å². The number of aromatic hydroxyl groups is 1. The standard InChI is InChI=1S/C22H18ClN3O3/c1-14(25-26-22(29)19-7-2-3-8-20(19)27)16-5-4-6-18(13-16)24-21(28)15-9-11-17(23)12-10-15/h2-13,27H,1H3,(H,24,28)(H,26,29). The van der Waals surface area contributed by atoms with Crippen LogP contribution in [-0.2, 0) is 0 Å². The van der Waals surface area contributed by atoms with Gasteiger partial charge in [-0.3, -0.25) is 9.59 Å². The maximum atomic E-state index is 12.3. The minimum atomic E-state index is -0.519. The molecule has 7 heteroatoms. The smallest absolute Gasteiger partial charge is 0.275 e. The van der Waals surface area contributed by atoms with Crippen molar-refractivity contribution in [2.75, 3.05) is 5.32 Å². The van der Waals surface area contributed by atoms with Gasteiger partial charge >= 0.3 is 0 Å². The lowest BCUT2D eigenvalue weighted by Crippen LogP contribution is -2.19. The van der Waals surface area contributed by atoms with E-state index in [0.717, 1.165) is 5.56 Å². The van der Waals surface area contributed by atoms with Crippen LogP contribution in [0.4, 0.5) is 5.69 Å². The zero-order chi connectivity index (χ0) is 20.8. The number of amides is 2. The molecule has 0 saturated carbocycles. The van der Waals surface area contributed by atoms with Crippen molar-refractivity contribution < 1.29 is 14.7 Å². The monoisotopic (exact) mass is 407 g/mol. The predicted molar refractivity (Wildman–Crippen MR) is 114 cm³/mol. The second kappa shape index (κ2) is 9.03. The molecule has 0 unspecified atom stereocenters. The number of para-hydroxylation sites is 1. The SMILES string of the molecule is CC(=NNC(=O)c1ccccc1O)c1cccc(NC(=O)c2ccc(Cl)cc2)c1. The van der Waals surface area contributed by atoms with Crippen LogP contribution in [0.1, 0.15) is 33.2 Å². The molecule has 6 nitrogen and oxygen atoms in total. The number of benzene rings is 3. The molecule has 0 aliphatic heterocycles. The van der Waals surface area contributed by atoms with Gasteiger partial charge in [-0.15, -0.1) is 0 Å². The lowest BCUT2D eigenvalue weighted by molar-refractivity contribution is 0.0951. The Morgan fingerprint density at radius 3 is 2.34 bits per heavy atom. The molecule has 0 aliphatic rings. The molecule has 0 spiro atoms. The van der Waals surface area contributed by atoms with Crippen molar-refractivity contribution in [1.82, 2.24) is 5.43 Å². The van der Waals surface area contributed by atoms with Crippen LogP contribution in [0.2, 0.25) is 5.02 Å². The topological polar surface area (TPSA) is 90.8 Å². The van der Waals surface area contributed by atoms with Crippen molar-refractivity contribution in [3.05, 3.63) is 94.5 Å². The number of carbonyl (C=O) groups is 2. The summed E-state index contributed by atoms with van der Waals surface area (Å²) in [6, 6.07) is 19.9. The molecule has 0 bridgehead atoms. The van der Waals surface area contributed by atoms with Crippen LogP contribution in [0.5, 0.6) is 5.75 Å². The molecule has 0 radical (unpaired) electrons. The third-order valence-corrected chi connectivity index (χ3v) is 4.37. The minimum Gasteiger partial charge on any atom is -0.507 e. The molecular weight excluding hydrogens is 390 g/mol. The molecule has 29 heavy (non-hydrogen) atoms. The van der Waals surface area contributed by atoms with E-state index in [-0.39, 0.29) is 17.2 Å². The molecule has 0 fully saturated rings. The summed E-state index contributed by atoms with van der Waals surface area (Å²) in [4.78, 5) is 24.5. The number of hydrogen-bond acceptors (Lipinski definition) is 4. The number of nitrogens with one attached hydrogen (secondary N) is 2. The third-order valence-electron chi connectivity index (χ3n) is 4.12. The van der Waals surface area contributed by atoms with Crippen molar-refractivity contribution in [3.63, 3.8) is 0 Å². The van der Waals surface area contributed by atoms with Gasteiger partial charge in [-0.1, -0.05) is 35.9 Å². The van der Waals surface area contributed by atoms with E-state index < -0.39 is 5.91 Å². The molecule has 0 heterocycles. The maximum absolute atomic E-state index is 12.3. The summed E-state index contributed by atoms with van der Waals surface area (Å²) < 4.78 is 0. The summed E-state index contributed by atoms with van der Waals surface area (Å²) in [5, 5.41) is 17.2. The number of nitrogens with zero attached hydrogens (tertiary/aromatic N) is 1. The number of carbonyl (C=O) groups excluding carboxylic acids is 2. The van der Waals surface area contributed by atoms with E-state index in [9.17, 15) is 14.7 Å². The van der Waals surface area contributed by atoms with Crippen LogP contribution in [0.25, 0.3) is 0 Å². The van der Waals surface area contributed by atoms with Gasteiger partial charge in [-0.25, -0.2) is 5.43 Å². The molecule has 2 amide bonds. The number of phenols is 1. The van der Waals surface area contributed by atoms with E-state index in [4.69, 9.17) is 11.6 Å². The molecule has 0 aromatic heterocycles. The lowest BCUT2D eigenvalue weighted by atomic mass is 10.1. The number of rotatable bonds is 5. The average Bonchev–Trinajstić information content (AvgIpc) is 2.72. The summed E-state index contributed by atoms with van der Waals surface area (Å²) in [6.07, 6.45) is 0. The molecule has 0 aliphatic carbocycles. The van der Waals surface area contributed by atoms with E-state index in [1.807, 2.05) is 6.07 Å². The van der Waals surface area contributed by atoms with Crippen LogP contribution in [-0.4, -0.2) is 22.6 Å². The number of halogens is 1. The zero-order valence-electron chi connectivity index (χ0n) is 15.5. The van der Waals surface area contributed by atoms with Gasteiger partial charge in [-0.05, 0) is 61.0 Å². The third kappa shape index (κ3) is 5.21. The van der Waals surface area contributed by atoms with Crippen LogP contribution in [0.3, 0.4) is 0 Å². The summed E-state index contributed by atoms with van der Waals surface area (Å²) in [7, 11) is 0. The quantitative estimate of drug-likeness (QED) is 0.431. The van der Waals surface area contributed by atoms with Crippen molar-refractivity contribution in [2.45, 2.75) is 6.92 Å². The lowest BCUT2D eigenvalue weighted by Gasteiger charge is -2.08. The molecule has 3 aromatic rings. The number of hydrogen-bond donors (Lipinski definition) is 3. The summed E-state index contributed by atoms with van der Waals surface area (Å²) in [6.45, 7) is 1.73. The number of phenolic OH excluding ortho intramolecular Hbond substituents is 1. The van der Waals surface area contributed by atoms with Gasteiger partial charge < -0.3 is 10.4 Å². The van der Waals surface area contributed by atoms with Crippen LogP contribution >= 0.6 is 11.6 Å². The average molecular weight is 408 g/mol. The van der Waals surface area contributed by atoms with Crippen LogP contribution < -0.4 is 10.7 Å². The van der Waals surface area contributed by atoms with Gasteiger partial charge in [0.2, 0.25) is 0 Å². The highest BCUT2D eigenvalue weighted by Gasteiger charge is 2.10. The highest BCUT2D eigenvalue weighted by atomic mass is 35.5. The Hall–Kier alpha value is -3.64. The van der Waals surface area contributed by atoms with Crippen molar-refractivity contribution in [3.8, 4) is 5.75 Å². The highest BCUT2D eigenvalue weighted by Crippen LogP contribution is 2.16. The van der Waals surface area contributed by atoms with Crippen molar-refractivity contribution >= 4 is 34.8 Å². The van der Waals surface area contributed by atoms with Crippen LogP contribution in [0, 0.1) is 0 Å². The second-order valence-corrected chi connectivity index (χ2v) is 6.63.